The first-order valence-electron chi connectivity index (χ1n) is 8.68. The fourth-order valence-corrected chi connectivity index (χ4v) is 3.08. The molecule has 21 heavy (non-hydrogen) atoms. The maximum absolute atomic E-state index is 12.0. The van der Waals surface area contributed by atoms with E-state index in [0.29, 0.717) is 5.91 Å². The Balaban J connectivity index is 1.45. The van der Waals surface area contributed by atoms with Crippen molar-refractivity contribution in [1.82, 2.24) is 4.90 Å². The first-order valence-corrected chi connectivity index (χ1v) is 8.68. The summed E-state index contributed by atoms with van der Waals surface area (Å²) in [6, 6.07) is 10.7. The van der Waals surface area contributed by atoms with Crippen LogP contribution in [0.25, 0.3) is 0 Å². The van der Waals surface area contributed by atoms with Crippen LogP contribution in [-0.4, -0.2) is 23.9 Å². The summed E-state index contributed by atoms with van der Waals surface area (Å²) in [5, 5.41) is 0. The van der Waals surface area contributed by atoms with Gasteiger partial charge in [0.15, 0.2) is 0 Å². The van der Waals surface area contributed by atoms with Crippen LogP contribution in [-0.2, 0) is 11.2 Å². The van der Waals surface area contributed by atoms with Gasteiger partial charge in [-0.3, -0.25) is 4.79 Å². The van der Waals surface area contributed by atoms with Crippen molar-refractivity contribution in [1.29, 1.82) is 0 Å². The highest BCUT2D eigenvalue weighted by molar-refractivity contribution is 5.76. The number of aryl methyl sites for hydroxylation is 1. The van der Waals surface area contributed by atoms with Crippen molar-refractivity contribution in [2.24, 2.45) is 0 Å². The van der Waals surface area contributed by atoms with Crippen molar-refractivity contribution in [3.63, 3.8) is 0 Å². The standard InChI is InChI=1S/C19H29NO/c21-19(20-16-10-5-11-17-20)15-9-3-1-2-6-12-18-13-7-4-8-14-18/h4,7-8,13-14H,1-3,5-6,9-12,15-17H2. The van der Waals surface area contributed by atoms with Gasteiger partial charge in [0.2, 0.25) is 5.91 Å². The van der Waals surface area contributed by atoms with Gasteiger partial charge < -0.3 is 4.90 Å². The molecule has 1 amide bonds. The van der Waals surface area contributed by atoms with Gasteiger partial charge in [0.1, 0.15) is 0 Å². The first-order chi connectivity index (χ1) is 10.4. The number of carbonyl (C=O) groups is 1. The van der Waals surface area contributed by atoms with Gasteiger partial charge in [-0.15, -0.1) is 0 Å². The van der Waals surface area contributed by atoms with E-state index >= 15 is 0 Å². The molecule has 1 aromatic carbocycles. The molecule has 0 saturated carbocycles. The number of carbonyl (C=O) groups excluding carboxylic acids is 1. The molecular weight excluding hydrogens is 258 g/mol. The Bertz CT molecular complexity index is 395. The smallest absolute Gasteiger partial charge is 0.222 e. The van der Waals surface area contributed by atoms with Crippen LogP contribution in [0.4, 0.5) is 0 Å². The monoisotopic (exact) mass is 287 g/mol. The molecule has 0 radical (unpaired) electrons. The Morgan fingerprint density at radius 2 is 1.52 bits per heavy atom. The summed E-state index contributed by atoms with van der Waals surface area (Å²) in [6.45, 7) is 1.99. The molecule has 1 aliphatic heterocycles. The van der Waals surface area contributed by atoms with Gasteiger partial charge in [-0.05, 0) is 44.1 Å². The molecule has 1 aliphatic rings. The van der Waals surface area contributed by atoms with Gasteiger partial charge in [-0.1, -0.05) is 49.6 Å². The van der Waals surface area contributed by atoms with E-state index in [0.717, 1.165) is 25.9 Å². The molecule has 0 atom stereocenters. The predicted octanol–water partition coefficient (Wildman–Crippen LogP) is 4.58. The Labute approximate surface area is 129 Å². The van der Waals surface area contributed by atoms with E-state index in [1.807, 2.05) is 0 Å². The number of rotatable bonds is 8. The van der Waals surface area contributed by atoms with Crippen LogP contribution in [0.5, 0.6) is 0 Å². The lowest BCUT2D eigenvalue weighted by Gasteiger charge is -2.26. The highest BCUT2D eigenvalue weighted by Gasteiger charge is 2.15. The summed E-state index contributed by atoms with van der Waals surface area (Å²) in [4.78, 5) is 14.1. The summed E-state index contributed by atoms with van der Waals surface area (Å²) in [6.07, 6.45) is 11.7. The molecule has 0 aromatic heterocycles. The van der Waals surface area contributed by atoms with Gasteiger partial charge >= 0.3 is 0 Å². The quantitative estimate of drug-likeness (QED) is 0.641. The SMILES string of the molecule is O=C(CCCCCCCc1ccccc1)N1CCCCC1. The zero-order valence-corrected chi connectivity index (χ0v) is 13.2. The third-order valence-corrected chi connectivity index (χ3v) is 4.41. The van der Waals surface area contributed by atoms with Crippen LogP contribution in [0.15, 0.2) is 30.3 Å². The van der Waals surface area contributed by atoms with E-state index in [9.17, 15) is 4.79 Å². The molecule has 2 nitrogen and oxygen atoms in total. The average Bonchev–Trinajstić information content (AvgIpc) is 2.55. The Morgan fingerprint density at radius 3 is 2.29 bits per heavy atom. The maximum atomic E-state index is 12.0. The number of benzene rings is 1. The largest absolute Gasteiger partial charge is 0.343 e. The second kappa shape index (κ2) is 9.59. The molecule has 0 bridgehead atoms. The fourth-order valence-electron chi connectivity index (χ4n) is 3.08. The van der Waals surface area contributed by atoms with Gasteiger partial charge in [0.05, 0.1) is 0 Å². The van der Waals surface area contributed by atoms with Crippen LogP contribution in [0.2, 0.25) is 0 Å². The fraction of sp³-hybridized carbons (Fsp3) is 0.632. The highest BCUT2D eigenvalue weighted by atomic mass is 16.2. The Kier molecular flexibility index (Phi) is 7.34. The Hall–Kier alpha value is -1.31. The van der Waals surface area contributed by atoms with Crippen molar-refractivity contribution in [3.05, 3.63) is 35.9 Å². The van der Waals surface area contributed by atoms with Gasteiger partial charge in [-0.25, -0.2) is 0 Å². The predicted molar refractivity (Wildman–Crippen MR) is 88.3 cm³/mol. The molecule has 1 fully saturated rings. The van der Waals surface area contributed by atoms with Crippen LogP contribution < -0.4 is 0 Å². The van der Waals surface area contributed by atoms with E-state index in [1.54, 1.807) is 0 Å². The molecule has 1 heterocycles. The van der Waals surface area contributed by atoms with E-state index in [1.165, 1.54) is 56.9 Å². The number of unbranched alkanes of at least 4 members (excludes halogenated alkanes) is 4. The molecule has 0 unspecified atom stereocenters. The number of piperidine rings is 1. The van der Waals surface area contributed by atoms with E-state index in [2.05, 4.69) is 35.2 Å². The minimum absolute atomic E-state index is 0.388. The number of hydrogen-bond acceptors (Lipinski definition) is 1. The molecule has 116 valence electrons. The molecule has 2 heteroatoms. The average molecular weight is 287 g/mol. The summed E-state index contributed by atoms with van der Waals surface area (Å²) < 4.78 is 0. The lowest BCUT2D eigenvalue weighted by Crippen LogP contribution is -2.35. The second-order valence-electron chi connectivity index (χ2n) is 6.19. The second-order valence-corrected chi connectivity index (χ2v) is 6.19. The van der Waals surface area contributed by atoms with Crippen molar-refractivity contribution in [2.75, 3.05) is 13.1 Å². The van der Waals surface area contributed by atoms with Crippen LogP contribution in [0.1, 0.15) is 63.4 Å². The molecule has 1 saturated heterocycles. The van der Waals surface area contributed by atoms with Crippen molar-refractivity contribution in [3.8, 4) is 0 Å². The zero-order valence-electron chi connectivity index (χ0n) is 13.2. The van der Waals surface area contributed by atoms with Crippen LogP contribution in [0, 0.1) is 0 Å². The zero-order chi connectivity index (χ0) is 14.8. The van der Waals surface area contributed by atoms with Crippen LogP contribution >= 0.6 is 0 Å². The Morgan fingerprint density at radius 1 is 0.857 bits per heavy atom. The minimum Gasteiger partial charge on any atom is -0.343 e. The van der Waals surface area contributed by atoms with Gasteiger partial charge in [0, 0.05) is 19.5 Å². The normalized spacial score (nSPS) is 15.1. The molecule has 1 aromatic rings. The summed E-state index contributed by atoms with van der Waals surface area (Å²) in [7, 11) is 0. The highest BCUT2D eigenvalue weighted by Crippen LogP contribution is 2.13. The lowest BCUT2D eigenvalue weighted by atomic mass is 10.0. The van der Waals surface area contributed by atoms with E-state index in [-0.39, 0.29) is 0 Å². The number of nitrogens with zero attached hydrogens (tertiary/aromatic N) is 1. The number of likely N-dealkylation sites (tertiary alicyclic amines) is 1. The number of amides is 1. The number of hydrogen-bond donors (Lipinski definition) is 0. The first kappa shape index (κ1) is 16.1. The van der Waals surface area contributed by atoms with E-state index < -0.39 is 0 Å². The lowest BCUT2D eigenvalue weighted by molar-refractivity contribution is -0.132. The van der Waals surface area contributed by atoms with E-state index in [4.69, 9.17) is 0 Å². The van der Waals surface area contributed by atoms with Gasteiger partial charge in [0.25, 0.3) is 0 Å². The molecule has 0 spiro atoms. The third-order valence-electron chi connectivity index (χ3n) is 4.41. The third kappa shape index (κ3) is 6.33. The summed E-state index contributed by atoms with van der Waals surface area (Å²) in [5.74, 6) is 0.388. The topological polar surface area (TPSA) is 20.3 Å². The van der Waals surface area contributed by atoms with Crippen molar-refractivity contribution >= 4 is 5.91 Å². The minimum atomic E-state index is 0.388. The summed E-state index contributed by atoms with van der Waals surface area (Å²) >= 11 is 0. The van der Waals surface area contributed by atoms with Gasteiger partial charge in [-0.2, -0.15) is 0 Å². The van der Waals surface area contributed by atoms with Crippen molar-refractivity contribution < 1.29 is 4.79 Å². The molecular formula is C19H29NO. The summed E-state index contributed by atoms with van der Waals surface area (Å²) in [5.41, 5.74) is 1.44. The molecule has 2 rings (SSSR count). The molecule has 0 N–H and O–H groups in total. The molecule has 0 aliphatic carbocycles. The maximum Gasteiger partial charge on any atom is 0.222 e. The van der Waals surface area contributed by atoms with Crippen molar-refractivity contribution in [2.45, 2.75) is 64.2 Å². The van der Waals surface area contributed by atoms with Crippen LogP contribution in [0.3, 0.4) is 0 Å².